The van der Waals surface area contributed by atoms with Crippen LogP contribution in [0.3, 0.4) is 0 Å². The van der Waals surface area contributed by atoms with Gasteiger partial charge in [0.1, 0.15) is 6.54 Å². The van der Waals surface area contributed by atoms with Crippen LogP contribution in [-0.4, -0.2) is 41.7 Å². The number of anilines is 1. The van der Waals surface area contributed by atoms with Gasteiger partial charge < -0.3 is 10.1 Å². The second-order valence-electron chi connectivity index (χ2n) is 6.22. The predicted molar refractivity (Wildman–Crippen MR) is 97.3 cm³/mol. The standard InChI is InChI=1S/C20H18N2O5/c1-12-6-5-7-13(2)18(12)21-16(23)11-27-17(24)10-22-19(25)14-8-3-4-9-15(14)20(22)26/h3-9H,10-11H2,1-2H3,(H,21,23). The number of esters is 1. The van der Waals surface area contributed by atoms with Gasteiger partial charge in [0, 0.05) is 5.69 Å². The van der Waals surface area contributed by atoms with Gasteiger partial charge in [0.05, 0.1) is 11.1 Å². The minimum absolute atomic E-state index is 0.253. The van der Waals surface area contributed by atoms with Crippen LogP contribution in [0.4, 0.5) is 5.69 Å². The van der Waals surface area contributed by atoms with Crippen LogP contribution in [-0.2, 0) is 14.3 Å². The summed E-state index contributed by atoms with van der Waals surface area (Å²) in [7, 11) is 0. The first-order chi connectivity index (χ1) is 12.9. The fourth-order valence-corrected chi connectivity index (χ4v) is 2.89. The number of para-hydroxylation sites is 1. The summed E-state index contributed by atoms with van der Waals surface area (Å²) in [4.78, 5) is 49.3. The molecule has 1 aliphatic heterocycles. The molecule has 0 spiro atoms. The Morgan fingerprint density at radius 2 is 1.48 bits per heavy atom. The first kappa shape index (κ1) is 18.3. The molecule has 3 amide bonds. The highest BCUT2D eigenvalue weighted by Gasteiger charge is 2.36. The summed E-state index contributed by atoms with van der Waals surface area (Å²) < 4.78 is 4.92. The molecule has 0 unspecified atom stereocenters. The molecule has 2 aromatic carbocycles. The number of fused-ring (bicyclic) bond motifs is 1. The van der Waals surface area contributed by atoms with Gasteiger partial charge in [-0.25, -0.2) is 0 Å². The maximum Gasteiger partial charge on any atom is 0.326 e. The highest BCUT2D eigenvalue weighted by molar-refractivity contribution is 6.22. The zero-order valence-corrected chi connectivity index (χ0v) is 14.9. The van der Waals surface area contributed by atoms with E-state index in [1.807, 2.05) is 32.0 Å². The Balaban J connectivity index is 1.55. The number of carbonyl (C=O) groups excluding carboxylic acids is 4. The summed E-state index contributed by atoms with van der Waals surface area (Å²) in [6, 6.07) is 11.9. The van der Waals surface area contributed by atoms with Crippen LogP contribution in [0.25, 0.3) is 0 Å². The van der Waals surface area contributed by atoms with Crippen molar-refractivity contribution in [3.63, 3.8) is 0 Å². The minimum atomic E-state index is -0.832. The Morgan fingerprint density at radius 1 is 0.926 bits per heavy atom. The number of nitrogens with one attached hydrogen (secondary N) is 1. The van der Waals surface area contributed by atoms with Crippen LogP contribution < -0.4 is 5.32 Å². The van der Waals surface area contributed by atoms with Crippen molar-refractivity contribution in [1.29, 1.82) is 0 Å². The molecule has 7 heteroatoms. The number of carbonyl (C=O) groups is 4. The Hall–Kier alpha value is -3.48. The first-order valence-electron chi connectivity index (χ1n) is 8.35. The second-order valence-corrected chi connectivity index (χ2v) is 6.22. The van der Waals surface area contributed by atoms with Gasteiger partial charge in [-0.1, -0.05) is 30.3 Å². The molecule has 138 valence electrons. The quantitative estimate of drug-likeness (QED) is 0.646. The van der Waals surface area contributed by atoms with Crippen LogP contribution in [0.15, 0.2) is 42.5 Å². The van der Waals surface area contributed by atoms with Crippen LogP contribution in [0.5, 0.6) is 0 Å². The Morgan fingerprint density at radius 3 is 2.04 bits per heavy atom. The van der Waals surface area contributed by atoms with E-state index in [1.54, 1.807) is 12.1 Å². The zero-order valence-electron chi connectivity index (χ0n) is 14.9. The Labute approximate surface area is 155 Å². The van der Waals surface area contributed by atoms with E-state index in [9.17, 15) is 19.2 Å². The number of imide groups is 1. The summed E-state index contributed by atoms with van der Waals surface area (Å²) in [5.74, 6) is -2.43. The van der Waals surface area contributed by atoms with Crippen molar-refractivity contribution in [1.82, 2.24) is 4.90 Å². The number of hydrogen-bond donors (Lipinski definition) is 1. The first-order valence-corrected chi connectivity index (χ1v) is 8.35. The molecular formula is C20H18N2O5. The van der Waals surface area contributed by atoms with Gasteiger partial charge in [-0.3, -0.25) is 24.1 Å². The third-order valence-electron chi connectivity index (χ3n) is 4.28. The van der Waals surface area contributed by atoms with Crippen molar-refractivity contribution in [3.05, 3.63) is 64.7 Å². The molecule has 0 aliphatic carbocycles. The predicted octanol–water partition coefficient (Wildman–Crippen LogP) is 2.08. The van der Waals surface area contributed by atoms with Crippen LogP contribution in [0.2, 0.25) is 0 Å². The molecule has 0 saturated heterocycles. The monoisotopic (exact) mass is 366 g/mol. The molecule has 7 nitrogen and oxygen atoms in total. The Kier molecular flexibility index (Phi) is 5.03. The number of nitrogens with zero attached hydrogens (tertiary/aromatic N) is 1. The van der Waals surface area contributed by atoms with Gasteiger partial charge in [0.2, 0.25) is 0 Å². The molecule has 0 radical (unpaired) electrons. The van der Waals surface area contributed by atoms with Gasteiger partial charge in [-0.2, -0.15) is 0 Å². The van der Waals surface area contributed by atoms with E-state index in [2.05, 4.69) is 5.32 Å². The lowest BCUT2D eigenvalue weighted by molar-refractivity contribution is -0.147. The van der Waals surface area contributed by atoms with Gasteiger partial charge in [0.15, 0.2) is 6.61 Å². The number of ether oxygens (including phenoxy) is 1. The zero-order chi connectivity index (χ0) is 19.6. The van der Waals surface area contributed by atoms with E-state index in [1.165, 1.54) is 12.1 Å². The molecule has 1 aliphatic rings. The lowest BCUT2D eigenvalue weighted by Crippen LogP contribution is -2.36. The largest absolute Gasteiger partial charge is 0.454 e. The normalized spacial score (nSPS) is 12.7. The summed E-state index contributed by atoms with van der Waals surface area (Å²) in [6.07, 6.45) is 0. The maximum absolute atomic E-state index is 12.2. The summed E-state index contributed by atoms with van der Waals surface area (Å²) in [5.41, 5.74) is 2.95. The number of hydrogen-bond acceptors (Lipinski definition) is 5. The summed E-state index contributed by atoms with van der Waals surface area (Å²) >= 11 is 0. The number of amides is 3. The van der Waals surface area contributed by atoms with Crippen molar-refractivity contribution < 1.29 is 23.9 Å². The van der Waals surface area contributed by atoms with E-state index >= 15 is 0 Å². The van der Waals surface area contributed by atoms with E-state index in [0.29, 0.717) is 5.69 Å². The average molecular weight is 366 g/mol. The number of rotatable bonds is 5. The minimum Gasteiger partial charge on any atom is -0.454 e. The third kappa shape index (κ3) is 3.72. The van der Waals surface area contributed by atoms with Crippen LogP contribution in [0, 0.1) is 13.8 Å². The molecule has 0 atom stereocenters. The van der Waals surface area contributed by atoms with E-state index in [4.69, 9.17) is 4.74 Å². The van der Waals surface area contributed by atoms with Crippen molar-refractivity contribution in [2.75, 3.05) is 18.5 Å². The maximum atomic E-state index is 12.2. The molecule has 27 heavy (non-hydrogen) atoms. The lowest BCUT2D eigenvalue weighted by Gasteiger charge is -2.14. The van der Waals surface area contributed by atoms with E-state index < -0.39 is 36.8 Å². The Bertz CT molecular complexity index is 896. The molecule has 3 rings (SSSR count). The molecule has 0 bridgehead atoms. The van der Waals surface area contributed by atoms with Crippen molar-refractivity contribution in [3.8, 4) is 0 Å². The number of benzene rings is 2. The lowest BCUT2D eigenvalue weighted by atomic mass is 10.1. The summed E-state index contributed by atoms with van der Waals surface area (Å²) in [5, 5.41) is 2.70. The van der Waals surface area contributed by atoms with Gasteiger partial charge in [-0.05, 0) is 37.1 Å². The van der Waals surface area contributed by atoms with Crippen molar-refractivity contribution >= 4 is 29.4 Å². The molecule has 1 heterocycles. The highest BCUT2D eigenvalue weighted by atomic mass is 16.5. The highest BCUT2D eigenvalue weighted by Crippen LogP contribution is 2.22. The van der Waals surface area contributed by atoms with Gasteiger partial charge in [-0.15, -0.1) is 0 Å². The summed E-state index contributed by atoms with van der Waals surface area (Å²) in [6.45, 7) is 2.67. The average Bonchev–Trinajstić information content (AvgIpc) is 2.88. The second kappa shape index (κ2) is 7.41. The van der Waals surface area contributed by atoms with Gasteiger partial charge in [0.25, 0.3) is 17.7 Å². The van der Waals surface area contributed by atoms with Crippen LogP contribution >= 0.6 is 0 Å². The molecule has 0 saturated carbocycles. The molecule has 1 N–H and O–H groups in total. The molecule has 2 aromatic rings. The third-order valence-corrected chi connectivity index (χ3v) is 4.28. The van der Waals surface area contributed by atoms with E-state index in [-0.39, 0.29) is 11.1 Å². The smallest absolute Gasteiger partial charge is 0.326 e. The van der Waals surface area contributed by atoms with Crippen molar-refractivity contribution in [2.45, 2.75) is 13.8 Å². The van der Waals surface area contributed by atoms with Crippen molar-refractivity contribution in [2.24, 2.45) is 0 Å². The molecular weight excluding hydrogens is 348 g/mol. The van der Waals surface area contributed by atoms with E-state index in [0.717, 1.165) is 16.0 Å². The fourth-order valence-electron chi connectivity index (χ4n) is 2.89. The SMILES string of the molecule is Cc1cccc(C)c1NC(=O)COC(=O)CN1C(=O)c2ccccc2C1=O. The molecule has 0 aromatic heterocycles. The molecule has 0 fully saturated rings. The fraction of sp³-hybridized carbons (Fsp3) is 0.200. The van der Waals surface area contributed by atoms with Crippen LogP contribution in [0.1, 0.15) is 31.8 Å². The van der Waals surface area contributed by atoms with Gasteiger partial charge >= 0.3 is 5.97 Å². The number of aryl methyl sites for hydroxylation is 2. The topological polar surface area (TPSA) is 92.8 Å².